The zero-order chi connectivity index (χ0) is 23.4. The van der Waals surface area contributed by atoms with Crippen molar-refractivity contribution in [3.63, 3.8) is 0 Å². The Morgan fingerprint density at radius 3 is 2.36 bits per heavy atom. The number of carbonyl (C=O) groups excluding carboxylic acids is 3. The van der Waals surface area contributed by atoms with Crippen LogP contribution in [0.2, 0.25) is 0 Å². The van der Waals surface area contributed by atoms with E-state index in [1.165, 1.54) is 29.2 Å². The van der Waals surface area contributed by atoms with Crippen molar-refractivity contribution in [3.8, 4) is 5.75 Å². The molecule has 8 heteroatoms. The molecule has 33 heavy (non-hydrogen) atoms. The van der Waals surface area contributed by atoms with E-state index in [0.29, 0.717) is 49.5 Å². The van der Waals surface area contributed by atoms with Gasteiger partial charge in [0.05, 0.1) is 24.8 Å². The van der Waals surface area contributed by atoms with Gasteiger partial charge in [0.1, 0.15) is 11.6 Å². The maximum Gasteiger partial charge on any atom is 0.251 e. The Morgan fingerprint density at radius 1 is 1.06 bits per heavy atom. The quantitative estimate of drug-likeness (QED) is 0.652. The normalized spacial score (nSPS) is 19.7. The molecular formula is C25H28FN3O4. The van der Waals surface area contributed by atoms with Crippen molar-refractivity contribution in [3.05, 3.63) is 59.9 Å². The molecule has 0 aromatic heterocycles. The van der Waals surface area contributed by atoms with Crippen molar-refractivity contribution >= 4 is 23.4 Å². The van der Waals surface area contributed by atoms with Gasteiger partial charge in [-0.25, -0.2) is 9.29 Å². The summed E-state index contributed by atoms with van der Waals surface area (Å²) in [6, 6.07) is 11.9. The molecule has 1 atom stereocenters. The third-order valence-electron chi connectivity index (χ3n) is 6.10. The molecule has 4 rings (SSSR count). The van der Waals surface area contributed by atoms with Crippen molar-refractivity contribution < 1.29 is 23.5 Å². The monoisotopic (exact) mass is 453 g/mol. The number of imide groups is 1. The number of rotatable bonds is 7. The van der Waals surface area contributed by atoms with Crippen LogP contribution in [0.25, 0.3) is 0 Å². The number of hydrogen-bond acceptors (Lipinski definition) is 5. The van der Waals surface area contributed by atoms with Crippen LogP contribution >= 0.6 is 0 Å². The number of piperidine rings is 1. The molecule has 0 bridgehead atoms. The summed E-state index contributed by atoms with van der Waals surface area (Å²) in [5.74, 6) is -0.334. The van der Waals surface area contributed by atoms with Gasteiger partial charge < -0.3 is 10.1 Å². The number of amides is 3. The highest BCUT2D eigenvalue weighted by atomic mass is 19.1. The first-order valence-electron chi connectivity index (χ1n) is 11.4. The molecule has 2 aromatic carbocycles. The van der Waals surface area contributed by atoms with E-state index >= 15 is 0 Å². The van der Waals surface area contributed by atoms with Gasteiger partial charge in [-0.1, -0.05) is 6.92 Å². The van der Waals surface area contributed by atoms with E-state index in [9.17, 15) is 18.8 Å². The van der Waals surface area contributed by atoms with Gasteiger partial charge in [-0.05, 0) is 67.8 Å². The van der Waals surface area contributed by atoms with Gasteiger partial charge in [0.25, 0.3) is 11.8 Å². The molecule has 1 N–H and O–H groups in total. The molecule has 0 spiro atoms. The number of carbonyl (C=O) groups is 3. The lowest BCUT2D eigenvalue weighted by molar-refractivity contribution is -0.123. The number of hydrogen-bond donors (Lipinski definition) is 1. The Hall–Kier alpha value is -3.26. The van der Waals surface area contributed by atoms with Gasteiger partial charge in [0.15, 0.2) is 0 Å². The van der Waals surface area contributed by atoms with Crippen LogP contribution in [0.3, 0.4) is 0 Å². The molecule has 174 valence electrons. The van der Waals surface area contributed by atoms with Gasteiger partial charge in [-0.3, -0.25) is 19.3 Å². The number of halogens is 1. The number of nitrogens with zero attached hydrogens (tertiary/aromatic N) is 2. The Balaban J connectivity index is 1.32. The van der Waals surface area contributed by atoms with E-state index in [4.69, 9.17) is 4.74 Å². The highest BCUT2D eigenvalue weighted by Gasteiger charge is 2.43. The first kappa shape index (κ1) is 22.9. The molecule has 2 aliphatic rings. The number of ether oxygens (including phenoxy) is 1. The molecule has 0 unspecified atom stereocenters. The summed E-state index contributed by atoms with van der Waals surface area (Å²) >= 11 is 0. The number of anilines is 1. The van der Waals surface area contributed by atoms with Crippen LogP contribution in [0.1, 0.15) is 43.0 Å². The van der Waals surface area contributed by atoms with Crippen LogP contribution in [0.5, 0.6) is 5.75 Å². The van der Waals surface area contributed by atoms with Gasteiger partial charge in [-0.2, -0.15) is 0 Å². The minimum atomic E-state index is -0.484. The van der Waals surface area contributed by atoms with Crippen LogP contribution in [0.4, 0.5) is 10.1 Å². The van der Waals surface area contributed by atoms with E-state index in [-0.39, 0.29) is 36.0 Å². The number of nitrogens with one attached hydrogen (secondary N) is 1. The summed E-state index contributed by atoms with van der Waals surface area (Å²) in [6.07, 6.45) is 2.40. The molecule has 2 saturated heterocycles. The van der Waals surface area contributed by atoms with E-state index in [1.807, 2.05) is 11.8 Å². The Labute approximate surface area is 192 Å². The summed E-state index contributed by atoms with van der Waals surface area (Å²) in [5, 5.41) is 2.98. The number of likely N-dealkylation sites (tertiary alicyclic amines) is 1. The minimum absolute atomic E-state index is 0.0298. The molecule has 3 amide bonds. The van der Waals surface area contributed by atoms with Gasteiger partial charge in [0, 0.05) is 24.7 Å². The average molecular weight is 454 g/mol. The van der Waals surface area contributed by atoms with Crippen LogP contribution in [-0.2, 0) is 9.59 Å². The highest BCUT2D eigenvalue weighted by Crippen LogP contribution is 2.29. The van der Waals surface area contributed by atoms with Gasteiger partial charge >= 0.3 is 0 Å². The Bertz CT molecular complexity index is 1000. The topological polar surface area (TPSA) is 79.0 Å². The zero-order valence-corrected chi connectivity index (χ0v) is 18.6. The van der Waals surface area contributed by atoms with Crippen LogP contribution in [0.15, 0.2) is 48.5 Å². The molecule has 0 radical (unpaired) electrons. The molecular weight excluding hydrogens is 425 g/mol. The third-order valence-corrected chi connectivity index (χ3v) is 6.10. The maximum atomic E-state index is 13.1. The summed E-state index contributed by atoms with van der Waals surface area (Å²) in [5.41, 5.74) is 0.968. The fourth-order valence-electron chi connectivity index (χ4n) is 4.31. The predicted octanol–water partition coefficient (Wildman–Crippen LogP) is 3.14. The summed E-state index contributed by atoms with van der Waals surface area (Å²) in [7, 11) is 0. The van der Waals surface area contributed by atoms with Crippen LogP contribution < -0.4 is 15.0 Å². The molecule has 2 aliphatic heterocycles. The van der Waals surface area contributed by atoms with Crippen molar-refractivity contribution in [2.24, 2.45) is 0 Å². The second-order valence-electron chi connectivity index (χ2n) is 8.42. The van der Waals surface area contributed by atoms with E-state index < -0.39 is 6.04 Å². The van der Waals surface area contributed by atoms with Crippen LogP contribution in [0, 0.1) is 5.82 Å². The van der Waals surface area contributed by atoms with E-state index in [2.05, 4.69) is 5.32 Å². The van der Waals surface area contributed by atoms with Gasteiger partial charge in [-0.15, -0.1) is 0 Å². The lowest BCUT2D eigenvalue weighted by atomic mass is 10.0. The van der Waals surface area contributed by atoms with Crippen molar-refractivity contribution in [2.45, 2.75) is 44.7 Å². The molecule has 2 fully saturated rings. The van der Waals surface area contributed by atoms with Crippen LogP contribution in [-0.4, -0.2) is 54.4 Å². The van der Waals surface area contributed by atoms with E-state index in [0.717, 1.165) is 6.42 Å². The van der Waals surface area contributed by atoms with Crippen molar-refractivity contribution in [1.29, 1.82) is 0 Å². The molecule has 0 aliphatic carbocycles. The van der Waals surface area contributed by atoms with Crippen molar-refractivity contribution in [2.75, 3.05) is 24.6 Å². The lowest BCUT2D eigenvalue weighted by Gasteiger charge is -2.35. The summed E-state index contributed by atoms with van der Waals surface area (Å²) < 4.78 is 18.6. The lowest BCUT2D eigenvalue weighted by Crippen LogP contribution is -2.50. The zero-order valence-electron chi connectivity index (χ0n) is 18.6. The maximum absolute atomic E-state index is 13.1. The fraction of sp³-hybridized carbons (Fsp3) is 0.400. The molecule has 2 aromatic rings. The number of benzene rings is 2. The standard InChI is InChI=1S/C25H28FN3O4/c1-2-15-33-21-9-7-20(8-10-21)29-23(30)16-22(25(29)32)28-13-11-19(12-14-28)27-24(31)17-3-5-18(26)6-4-17/h3-10,19,22H,2,11-16H2,1H3,(H,27,31)/t22-/m1/s1. The minimum Gasteiger partial charge on any atom is -0.494 e. The second-order valence-corrected chi connectivity index (χ2v) is 8.42. The van der Waals surface area contributed by atoms with Crippen molar-refractivity contribution in [1.82, 2.24) is 10.2 Å². The fourth-order valence-corrected chi connectivity index (χ4v) is 4.31. The first-order valence-corrected chi connectivity index (χ1v) is 11.4. The van der Waals surface area contributed by atoms with E-state index in [1.54, 1.807) is 24.3 Å². The Kier molecular flexibility index (Phi) is 7.03. The Morgan fingerprint density at radius 2 is 1.73 bits per heavy atom. The highest BCUT2D eigenvalue weighted by molar-refractivity contribution is 6.22. The first-order chi connectivity index (χ1) is 16.0. The SMILES string of the molecule is CCCOc1ccc(N2C(=O)C[C@@H](N3CCC(NC(=O)c4ccc(F)cc4)CC3)C2=O)cc1. The summed E-state index contributed by atoms with van der Waals surface area (Å²) in [6.45, 7) is 3.85. The average Bonchev–Trinajstić information content (AvgIpc) is 3.12. The molecule has 7 nitrogen and oxygen atoms in total. The molecule has 2 heterocycles. The van der Waals surface area contributed by atoms with Gasteiger partial charge in [0.2, 0.25) is 5.91 Å². The second kappa shape index (κ2) is 10.1. The largest absolute Gasteiger partial charge is 0.494 e. The predicted molar refractivity (Wildman–Crippen MR) is 122 cm³/mol. The third kappa shape index (κ3) is 5.22. The smallest absolute Gasteiger partial charge is 0.251 e. The summed E-state index contributed by atoms with van der Waals surface area (Å²) in [4.78, 5) is 41.4. The molecule has 0 saturated carbocycles.